The lowest BCUT2D eigenvalue weighted by Gasteiger charge is -2.18. The van der Waals surface area contributed by atoms with Crippen molar-refractivity contribution in [2.75, 3.05) is 0 Å². The van der Waals surface area contributed by atoms with Gasteiger partial charge in [-0.05, 0) is 76.7 Å². The SMILES string of the molecule is C1=C(c2cccc3ccccc23)CCc2c1n(-c1nc(-c3ccccc3)nc(-c3ccc4oc5ccccc5c4c3)n1)c1ccccc21. The lowest BCUT2D eigenvalue weighted by atomic mass is 9.88. The predicted octanol–water partition coefficient (Wildman–Crippen LogP) is 10.7. The molecule has 9 aromatic rings. The Balaban J connectivity index is 1.22. The van der Waals surface area contributed by atoms with Crippen LogP contribution in [0.25, 0.3) is 84.0 Å². The zero-order valence-electron chi connectivity index (χ0n) is 26.0. The zero-order valence-corrected chi connectivity index (χ0v) is 26.0. The van der Waals surface area contributed by atoms with Gasteiger partial charge in [0.05, 0.1) is 11.2 Å². The van der Waals surface area contributed by atoms with Gasteiger partial charge in [-0.2, -0.15) is 9.97 Å². The molecule has 10 rings (SSSR count). The minimum Gasteiger partial charge on any atom is -0.456 e. The number of hydrogen-bond donors (Lipinski definition) is 0. The molecule has 0 aliphatic heterocycles. The van der Waals surface area contributed by atoms with E-state index in [4.69, 9.17) is 19.4 Å². The van der Waals surface area contributed by atoms with Crippen LogP contribution >= 0.6 is 0 Å². The van der Waals surface area contributed by atoms with Crippen LogP contribution in [0.15, 0.2) is 144 Å². The lowest BCUT2D eigenvalue weighted by Crippen LogP contribution is -2.09. The second-order valence-electron chi connectivity index (χ2n) is 12.4. The van der Waals surface area contributed by atoms with Crippen LogP contribution in [0.5, 0.6) is 0 Å². The van der Waals surface area contributed by atoms with Crippen molar-refractivity contribution in [1.29, 1.82) is 0 Å². The van der Waals surface area contributed by atoms with Crippen molar-refractivity contribution in [3.8, 4) is 28.7 Å². The van der Waals surface area contributed by atoms with Crippen molar-refractivity contribution < 1.29 is 4.42 Å². The van der Waals surface area contributed by atoms with Crippen LogP contribution in [-0.2, 0) is 6.42 Å². The molecule has 0 unspecified atom stereocenters. The van der Waals surface area contributed by atoms with E-state index in [0.717, 1.165) is 57.1 Å². The number of rotatable bonds is 4. The summed E-state index contributed by atoms with van der Waals surface area (Å²) in [6.07, 6.45) is 4.26. The predicted molar refractivity (Wildman–Crippen MR) is 195 cm³/mol. The molecular weight excluding hydrogens is 589 g/mol. The van der Waals surface area contributed by atoms with E-state index in [9.17, 15) is 0 Å². The van der Waals surface area contributed by atoms with Crippen LogP contribution in [-0.4, -0.2) is 19.5 Å². The number of allylic oxidation sites excluding steroid dienone is 1. The Bertz CT molecular complexity index is 2730. The first-order chi connectivity index (χ1) is 23.8. The van der Waals surface area contributed by atoms with Crippen LogP contribution in [0.1, 0.15) is 23.2 Å². The molecule has 1 aliphatic carbocycles. The summed E-state index contributed by atoms with van der Waals surface area (Å²) in [7, 11) is 0. The van der Waals surface area contributed by atoms with Crippen LogP contribution < -0.4 is 0 Å². The molecule has 0 atom stereocenters. The van der Waals surface area contributed by atoms with Crippen molar-refractivity contribution in [2.24, 2.45) is 0 Å². The van der Waals surface area contributed by atoms with Crippen molar-refractivity contribution in [3.05, 3.63) is 156 Å². The number of furan rings is 1. The van der Waals surface area contributed by atoms with E-state index in [1.165, 1.54) is 32.9 Å². The van der Waals surface area contributed by atoms with E-state index in [1.807, 2.05) is 48.5 Å². The summed E-state index contributed by atoms with van der Waals surface area (Å²) >= 11 is 0. The Morgan fingerprint density at radius 1 is 0.521 bits per heavy atom. The summed E-state index contributed by atoms with van der Waals surface area (Å²) in [6, 6.07) is 48.3. The third-order valence-electron chi connectivity index (χ3n) is 9.60. The van der Waals surface area contributed by atoms with E-state index >= 15 is 0 Å². The fourth-order valence-corrected chi connectivity index (χ4v) is 7.35. The van der Waals surface area contributed by atoms with Gasteiger partial charge in [-0.15, -0.1) is 0 Å². The van der Waals surface area contributed by atoms with E-state index < -0.39 is 0 Å². The Labute approximate surface area is 276 Å². The largest absolute Gasteiger partial charge is 0.456 e. The molecule has 1 aliphatic rings. The molecule has 0 saturated heterocycles. The molecule has 48 heavy (non-hydrogen) atoms. The van der Waals surface area contributed by atoms with Crippen LogP contribution in [0, 0.1) is 0 Å². The number of para-hydroxylation sites is 2. The van der Waals surface area contributed by atoms with Crippen molar-refractivity contribution in [1.82, 2.24) is 19.5 Å². The normalized spacial score (nSPS) is 13.0. The van der Waals surface area contributed by atoms with Crippen molar-refractivity contribution >= 4 is 55.3 Å². The molecule has 3 aromatic heterocycles. The summed E-state index contributed by atoms with van der Waals surface area (Å²) in [4.78, 5) is 15.5. The summed E-state index contributed by atoms with van der Waals surface area (Å²) in [5.74, 6) is 1.85. The molecule has 0 radical (unpaired) electrons. The molecule has 226 valence electrons. The van der Waals surface area contributed by atoms with E-state index in [0.29, 0.717) is 17.6 Å². The Kier molecular flexibility index (Phi) is 5.93. The molecule has 0 fully saturated rings. The van der Waals surface area contributed by atoms with Gasteiger partial charge in [0.2, 0.25) is 5.95 Å². The Morgan fingerprint density at radius 3 is 2.12 bits per heavy atom. The molecule has 5 heteroatoms. The van der Waals surface area contributed by atoms with E-state index in [1.54, 1.807) is 0 Å². The third-order valence-corrected chi connectivity index (χ3v) is 9.60. The summed E-state index contributed by atoms with van der Waals surface area (Å²) in [5, 5.41) is 5.86. The highest BCUT2D eigenvalue weighted by Crippen LogP contribution is 2.40. The van der Waals surface area contributed by atoms with Gasteiger partial charge in [0, 0.05) is 27.3 Å². The number of nitrogens with zero attached hydrogens (tertiary/aromatic N) is 4. The minimum atomic E-state index is 0.601. The van der Waals surface area contributed by atoms with Crippen LogP contribution in [0.2, 0.25) is 0 Å². The highest BCUT2D eigenvalue weighted by Gasteiger charge is 2.24. The maximum absolute atomic E-state index is 6.14. The van der Waals surface area contributed by atoms with Crippen LogP contribution in [0.4, 0.5) is 0 Å². The van der Waals surface area contributed by atoms with Crippen molar-refractivity contribution in [3.63, 3.8) is 0 Å². The number of fused-ring (bicyclic) bond motifs is 7. The molecule has 3 heterocycles. The molecule has 6 aromatic carbocycles. The average molecular weight is 617 g/mol. The first kappa shape index (κ1) is 26.8. The fraction of sp³-hybridized carbons (Fsp3) is 0.0465. The highest BCUT2D eigenvalue weighted by molar-refractivity contribution is 6.06. The number of benzene rings is 6. The maximum Gasteiger partial charge on any atom is 0.238 e. The highest BCUT2D eigenvalue weighted by atomic mass is 16.3. The minimum absolute atomic E-state index is 0.601. The van der Waals surface area contributed by atoms with E-state index in [2.05, 4.69) is 102 Å². The number of aromatic nitrogens is 4. The Hall–Kier alpha value is -6.33. The van der Waals surface area contributed by atoms with Gasteiger partial charge < -0.3 is 4.42 Å². The van der Waals surface area contributed by atoms with Gasteiger partial charge in [0.15, 0.2) is 11.6 Å². The molecule has 0 saturated carbocycles. The summed E-state index contributed by atoms with van der Waals surface area (Å²) in [6.45, 7) is 0. The quantitative estimate of drug-likeness (QED) is 0.197. The zero-order chi connectivity index (χ0) is 31.6. The molecule has 0 bridgehead atoms. The van der Waals surface area contributed by atoms with Gasteiger partial charge >= 0.3 is 0 Å². The Morgan fingerprint density at radius 2 is 1.23 bits per heavy atom. The monoisotopic (exact) mass is 616 g/mol. The first-order valence-electron chi connectivity index (χ1n) is 16.3. The van der Waals surface area contributed by atoms with Gasteiger partial charge in [-0.1, -0.05) is 109 Å². The molecule has 0 N–H and O–H groups in total. The lowest BCUT2D eigenvalue weighted by molar-refractivity contribution is 0.669. The van der Waals surface area contributed by atoms with Gasteiger partial charge in [-0.3, -0.25) is 4.57 Å². The standard InChI is InChI=1S/C43H28N4O/c1-2-12-28(13-3-1)41-44-42(30-22-24-40-36(25-30)35-17-7-9-20-39(35)48-40)46-43(45-41)47-37-19-8-6-16-33(37)34-23-21-29(26-38(34)47)32-18-10-14-27-11-4-5-15-31(27)32/h1-20,22,24-26H,21,23H2. The molecule has 0 spiro atoms. The van der Waals surface area contributed by atoms with Crippen molar-refractivity contribution in [2.45, 2.75) is 12.8 Å². The number of aryl methyl sites for hydroxylation is 1. The molecule has 5 nitrogen and oxygen atoms in total. The molecule has 0 amide bonds. The average Bonchev–Trinajstić information content (AvgIpc) is 3.70. The summed E-state index contributed by atoms with van der Waals surface area (Å²) < 4.78 is 8.37. The molecular formula is C43H28N4O. The smallest absolute Gasteiger partial charge is 0.238 e. The second kappa shape index (κ2) is 10.6. The second-order valence-corrected chi connectivity index (χ2v) is 12.4. The third kappa shape index (κ3) is 4.21. The topological polar surface area (TPSA) is 56.7 Å². The van der Waals surface area contributed by atoms with Crippen LogP contribution in [0.3, 0.4) is 0 Å². The van der Waals surface area contributed by atoms with Gasteiger partial charge in [0.25, 0.3) is 0 Å². The fourth-order valence-electron chi connectivity index (χ4n) is 7.35. The van der Waals surface area contributed by atoms with E-state index in [-0.39, 0.29) is 0 Å². The number of hydrogen-bond acceptors (Lipinski definition) is 4. The maximum atomic E-state index is 6.14. The van der Waals surface area contributed by atoms with Gasteiger partial charge in [-0.25, -0.2) is 4.98 Å². The van der Waals surface area contributed by atoms with Gasteiger partial charge in [0.1, 0.15) is 11.2 Å². The summed E-state index contributed by atoms with van der Waals surface area (Å²) in [5.41, 5.74) is 9.68. The first-order valence-corrected chi connectivity index (χ1v) is 16.3.